The molecule has 4 nitrogen and oxygen atoms in total. The maximum Gasteiger partial charge on any atom is 0.240 e. The van der Waals surface area contributed by atoms with E-state index in [1.165, 1.54) is 0 Å². The number of halogens is 1. The summed E-state index contributed by atoms with van der Waals surface area (Å²) >= 11 is 0. The highest BCUT2D eigenvalue weighted by molar-refractivity contribution is 5.86. The van der Waals surface area contributed by atoms with Crippen molar-refractivity contribution in [3.63, 3.8) is 0 Å². The van der Waals surface area contributed by atoms with Crippen molar-refractivity contribution in [1.29, 1.82) is 0 Å². The van der Waals surface area contributed by atoms with Crippen LogP contribution in [-0.2, 0) is 4.79 Å². The van der Waals surface area contributed by atoms with E-state index in [0.717, 1.165) is 17.7 Å². The van der Waals surface area contributed by atoms with E-state index < -0.39 is 5.54 Å². The Kier molecular flexibility index (Phi) is 5.20. The van der Waals surface area contributed by atoms with E-state index in [4.69, 9.17) is 10.5 Å². The molecule has 0 bridgehead atoms. The molecule has 1 aliphatic rings. The van der Waals surface area contributed by atoms with Gasteiger partial charge in [0.15, 0.2) is 0 Å². The Morgan fingerprint density at radius 3 is 2.89 bits per heavy atom. The Bertz CT molecular complexity index is 449. The predicted octanol–water partition coefficient (Wildman–Crippen LogP) is 2.18. The number of carbonyl (C=O) groups is 1. The lowest BCUT2D eigenvalue weighted by Gasteiger charge is -2.24. The number of ether oxygens (including phenoxy) is 1. The van der Waals surface area contributed by atoms with Crippen molar-refractivity contribution in [3.05, 3.63) is 29.8 Å². The summed E-state index contributed by atoms with van der Waals surface area (Å²) in [5, 5.41) is 2.97. The highest BCUT2D eigenvalue weighted by Gasteiger charge is 2.32. The highest BCUT2D eigenvalue weighted by Crippen LogP contribution is 2.31. The van der Waals surface area contributed by atoms with Crippen molar-refractivity contribution in [2.75, 3.05) is 6.61 Å². The Hall–Kier alpha value is -1.26. The third-order valence-electron chi connectivity index (χ3n) is 3.29. The van der Waals surface area contributed by atoms with E-state index in [2.05, 4.69) is 5.32 Å². The molecule has 5 heteroatoms. The molecule has 19 heavy (non-hydrogen) atoms. The molecule has 0 spiro atoms. The fraction of sp³-hybridized carbons (Fsp3) is 0.500. The van der Waals surface area contributed by atoms with Crippen LogP contribution in [0, 0.1) is 0 Å². The number of hydrogen-bond donors (Lipinski definition) is 2. The topological polar surface area (TPSA) is 64.4 Å². The molecule has 0 saturated carbocycles. The molecule has 0 saturated heterocycles. The van der Waals surface area contributed by atoms with Crippen LogP contribution >= 0.6 is 12.4 Å². The first-order valence-corrected chi connectivity index (χ1v) is 6.36. The van der Waals surface area contributed by atoms with Crippen molar-refractivity contribution in [2.24, 2.45) is 5.73 Å². The number of nitrogens with two attached hydrogens (primary N) is 1. The quantitative estimate of drug-likeness (QED) is 0.891. The van der Waals surface area contributed by atoms with Gasteiger partial charge in [0.2, 0.25) is 5.91 Å². The number of benzene rings is 1. The molecule has 2 atom stereocenters. The molecule has 0 fully saturated rings. The summed E-state index contributed by atoms with van der Waals surface area (Å²) < 4.78 is 5.53. The molecule has 1 aliphatic heterocycles. The van der Waals surface area contributed by atoms with Crippen LogP contribution in [0.15, 0.2) is 24.3 Å². The summed E-state index contributed by atoms with van der Waals surface area (Å²) in [4.78, 5) is 12.1. The lowest BCUT2D eigenvalue weighted by Crippen LogP contribution is -2.52. The molecule has 1 aromatic rings. The fourth-order valence-corrected chi connectivity index (χ4v) is 2.24. The van der Waals surface area contributed by atoms with E-state index in [1.807, 2.05) is 31.2 Å². The minimum absolute atomic E-state index is 0. The van der Waals surface area contributed by atoms with Crippen LogP contribution in [0.5, 0.6) is 5.75 Å². The molecule has 1 heterocycles. The standard InChI is InChI=1S/C14H20N2O2.ClH/c1-3-8-14(2,15)13(17)16-11-9-18-12-7-5-4-6-10(11)12;/h4-7,11H,3,8-9,15H2,1-2H3,(H,16,17);1H. The summed E-state index contributed by atoms with van der Waals surface area (Å²) in [5.74, 6) is 0.728. The van der Waals surface area contributed by atoms with Crippen LogP contribution < -0.4 is 15.8 Å². The second-order valence-electron chi connectivity index (χ2n) is 5.04. The minimum atomic E-state index is -0.813. The van der Waals surface area contributed by atoms with E-state index in [9.17, 15) is 4.79 Å². The van der Waals surface area contributed by atoms with Gasteiger partial charge in [-0.2, -0.15) is 0 Å². The number of para-hydroxylation sites is 1. The normalized spacial score (nSPS) is 19.6. The van der Waals surface area contributed by atoms with Gasteiger partial charge in [-0.25, -0.2) is 0 Å². The van der Waals surface area contributed by atoms with Gasteiger partial charge in [0.05, 0.1) is 11.6 Å². The average Bonchev–Trinajstić information content (AvgIpc) is 2.73. The Morgan fingerprint density at radius 2 is 2.21 bits per heavy atom. The first-order valence-electron chi connectivity index (χ1n) is 6.36. The average molecular weight is 285 g/mol. The van der Waals surface area contributed by atoms with Crippen LogP contribution in [0.25, 0.3) is 0 Å². The van der Waals surface area contributed by atoms with Gasteiger partial charge >= 0.3 is 0 Å². The Balaban J connectivity index is 0.00000180. The first kappa shape index (κ1) is 15.8. The second-order valence-corrected chi connectivity index (χ2v) is 5.04. The zero-order valence-corrected chi connectivity index (χ0v) is 12.1. The largest absolute Gasteiger partial charge is 0.491 e. The van der Waals surface area contributed by atoms with Gasteiger partial charge in [-0.05, 0) is 19.4 Å². The molecule has 1 amide bonds. The SMILES string of the molecule is CCCC(C)(N)C(=O)NC1COc2ccccc21.Cl. The predicted molar refractivity (Wildman–Crippen MR) is 77.6 cm³/mol. The van der Waals surface area contributed by atoms with Crippen LogP contribution in [-0.4, -0.2) is 18.1 Å². The Morgan fingerprint density at radius 1 is 1.53 bits per heavy atom. The van der Waals surface area contributed by atoms with Crippen LogP contribution in [0.1, 0.15) is 38.3 Å². The summed E-state index contributed by atoms with van der Waals surface area (Å²) in [5.41, 5.74) is 6.23. The maximum atomic E-state index is 12.1. The summed E-state index contributed by atoms with van der Waals surface area (Å²) in [6.07, 6.45) is 1.56. The summed E-state index contributed by atoms with van der Waals surface area (Å²) in [7, 11) is 0. The van der Waals surface area contributed by atoms with E-state index in [1.54, 1.807) is 6.92 Å². The number of hydrogen-bond acceptors (Lipinski definition) is 3. The molecule has 0 aromatic heterocycles. The van der Waals surface area contributed by atoms with E-state index >= 15 is 0 Å². The molecule has 2 rings (SSSR count). The molecule has 2 unspecified atom stereocenters. The monoisotopic (exact) mass is 284 g/mol. The first-order chi connectivity index (χ1) is 8.54. The lowest BCUT2D eigenvalue weighted by molar-refractivity contribution is -0.126. The smallest absolute Gasteiger partial charge is 0.240 e. The molecule has 1 aromatic carbocycles. The van der Waals surface area contributed by atoms with Gasteiger partial charge in [0.1, 0.15) is 12.4 Å². The van der Waals surface area contributed by atoms with E-state index in [-0.39, 0.29) is 24.4 Å². The molecule has 0 aliphatic carbocycles. The number of rotatable bonds is 4. The molecular formula is C14H21ClN2O2. The van der Waals surface area contributed by atoms with Crippen molar-refractivity contribution in [3.8, 4) is 5.75 Å². The van der Waals surface area contributed by atoms with Crippen molar-refractivity contribution < 1.29 is 9.53 Å². The highest BCUT2D eigenvalue weighted by atomic mass is 35.5. The third-order valence-corrected chi connectivity index (χ3v) is 3.29. The van der Waals surface area contributed by atoms with Gasteiger partial charge in [0, 0.05) is 5.56 Å². The van der Waals surface area contributed by atoms with Gasteiger partial charge in [-0.1, -0.05) is 31.5 Å². The second kappa shape index (κ2) is 6.26. The molecule has 3 N–H and O–H groups in total. The maximum absolute atomic E-state index is 12.1. The number of nitrogens with one attached hydrogen (secondary N) is 1. The molecule has 0 radical (unpaired) electrons. The number of amides is 1. The lowest BCUT2D eigenvalue weighted by atomic mass is 9.95. The van der Waals surface area contributed by atoms with E-state index in [0.29, 0.717) is 13.0 Å². The van der Waals surface area contributed by atoms with Crippen molar-refractivity contribution in [2.45, 2.75) is 38.3 Å². The number of carbonyl (C=O) groups excluding carboxylic acids is 1. The van der Waals surface area contributed by atoms with Gasteiger partial charge in [-0.3, -0.25) is 4.79 Å². The zero-order valence-electron chi connectivity index (χ0n) is 11.3. The fourth-order valence-electron chi connectivity index (χ4n) is 2.24. The summed E-state index contributed by atoms with van der Waals surface area (Å²) in [6, 6.07) is 7.66. The van der Waals surface area contributed by atoms with Crippen molar-refractivity contribution in [1.82, 2.24) is 5.32 Å². The molecular weight excluding hydrogens is 264 g/mol. The van der Waals surface area contributed by atoms with Crippen LogP contribution in [0.3, 0.4) is 0 Å². The summed E-state index contributed by atoms with van der Waals surface area (Å²) in [6.45, 7) is 4.27. The van der Waals surface area contributed by atoms with Gasteiger partial charge < -0.3 is 15.8 Å². The Labute approximate surface area is 120 Å². The zero-order chi connectivity index (χ0) is 13.2. The van der Waals surface area contributed by atoms with Crippen LogP contribution in [0.4, 0.5) is 0 Å². The third kappa shape index (κ3) is 3.39. The van der Waals surface area contributed by atoms with Crippen molar-refractivity contribution >= 4 is 18.3 Å². The molecule has 106 valence electrons. The van der Waals surface area contributed by atoms with Gasteiger partial charge in [-0.15, -0.1) is 12.4 Å². The van der Waals surface area contributed by atoms with Crippen LogP contribution in [0.2, 0.25) is 0 Å². The number of fused-ring (bicyclic) bond motifs is 1. The van der Waals surface area contributed by atoms with Gasteiger partial charge in [0.25, 0.3) is 0 Å². The minimum Gasteiger partial charge on any atom is -0.491 e.